The van der Waals surface area contributed by atoms with Gasteiger partial charge in [0.2, 0.25) is 10.0 Å². The van der Waals surface area contributed by atoms with Crippen LogP contribution in [0.4, 0.5) is 24.7 Å². The number of hydrogen-bond acceptors (Lipinski definition) is 5. The first-order valence-electron chi connectivity index (χ1n) is 9.82. The minimum atomic E-state index is -4.53. The van der Waals surface area contributed by atoms with E-state index >= 15 is 0 Å². The second-order valence-electron chi connectivity index (χ2n) is 7.35. The van der Waals surface area contributed by atoms with Crippen LogP contribution in [-0.2, 0) is 16.2 Å². The summed E-state index contributed by atoms with van der Waals surface area (Å²) in [6.07, 6.45) is -1.56. The number of alkyl halides is 3. The number of nitrogens with one attached hydrogen (secondary N) is 1. The highest BCUT2D eigenvalue weighted by molar-refractivity contribution is 7.92. The van der Waals surface area contributed by atoms with Crippen molar-refractivity contribution in [2.75, 3.05) is 24.1 Å². The van der Waals surface area contributed by atoms with Gasteiger partial charge < -0.3 is 15.4 Å². The van der Waals surface area contributed by atoms with E-state index in [0.29, 0.717) is 34.5 Å². The Bertz CT molecular complexity index is 1420. The molecule has 0 radical (unpaired) electrons. The number of aromatic nitrogens is 3. The number of fused-ring (bicyclic) bond motifs is 3. The average molecular weight is 478 g/mol. The summed E-state index contributed by atoms with van der Waals surface area (Å²) in [5.74, 6) is 0.164. The lowest BCUT2D eigenvalue weighted by Gasteiger charge is -2.20. The smallest absolute Gasteiger partial charge is 0.416 e. The molecule has 174 valence electrons. The Morgan fingerprint density at radius 1 is 1.15 bits per heavy atom. The topological polar surface area (TPSA) is 111 Å². The van der Waals surface area contributed by atoms with Crippen LogP contribution in [0.3, 0.4) is 0 Å². The number of benzene rings is 2. The average Bonchev–Trinajstić information content (AvgIpc) is 3.18. The standard InChI is InChI=1S/C21H19F3N5O3S/c1-33(31,32)28-15-6-3-13(4-7-15)18-12-26-20-19(25-9-2-10-30)27-16-11-14(21(22,23)24)5-8-17(16)29(18)20/h3-8,11-12,28,30H,2,9-10H2,1H3/q-1. The third kappa shape index (κ3) is 4.86. The lowest BCUT2D eigenvalue weighted by molar-refractivity contribution is -0.137. The molecular weight excluding hydrogens is 459 g/mol. The maximum atomic E-state index is 13.3. The van der Waals surface area contributed by atoms with E-state index in [1.165, 1.54) is 6.07 Å². The van der Waals surface area contributed by atoms with Crippen LogP contribution in [0.1, 0.15) is 12.0 Å². The first-order valence-corrected chi connectivity index (χ1v) is 11.7. The number of aliphatic hydroxyl groups is 1. The van der Waals surface area contributed by atoms with Crippen molar-refractivity contribution in [3.63, 3.8) is 0 Å². The van der Waals surface area contributed by atoms with Gasteiger partial charge in [0.1, 0.15) is 5.65 Å². The van der Waals surface area contributed by atoms with Crippen LogP contribution >= 0.6 is 0 Å². The molecule has 33 heavy (non-hydrogen) atoms. The molecule has 0 atom stereocenters. The minimum Gasteiger partial charge on any atom is -0.462 e. The van der Waals surface area contributed by atoms with E-state index in [9.17, 15) is 21.6 Å². The first kappa shape index (κ1) is 22.8. The molecule has 2 heterocycles. The van der Waals surface area contributed by atoms with Gasteiger partial charge in [0.25, 0.3) is 0 Å². The zero-order valence-electron chi connectivity index (χ0n) is 17.3. The molecule has 0 spiro atoms. The first-order chi connectivity index (χ1) is 15.6. The summed E-state index contributed by atoms with van der Waals surface area (Å²) in [7, 11) is -3.44. The predicted octanol–water partition coefficient (Wildman–Crippen LogP) is 4.33. The summed E-state index contributed by atoms with van der Waals surface area (Å²) in [5.41, 5.74) is 1.63. The van der Waals surface area contributed by atoms with Crippen molar-refractivity contribution in [2.45, 2.75) is 12.6 Å². The predicted molar refractivity (Wildman–Crippen MR) is 119 cm³/mol. The van der Waals surface area contributed by atoms with Crippen LogP contribution in [0, 0.1) is 0 Å². The Morgan fingerprint density at radius 2 is 1.88 bits per heavy atom. The van der Waals surface area contributed by atoms with Gasteiger partial charge in [0.05, 0.1) is 29.2 Å². The molecule has 0 unspecified atom stereocenters. The molecule has 2 aromatic carbocycles. The SMILES string of the molecule is CS(=O)(=O)Nc1ccc(-c2cnc3c([N-]CCCO)nc4cc(C(F)(F)F)ccc4n23)cc1. The van der Waals surface area contributed by atoms with Gasteiger partial charge in [-0.15, -0.1) is 0 Å². The van der Waals surface area contributed by atoms with Crippen molar-refractivity contribution in [1.29, 1.82) is 0 Å². The highest BCUT2D eigenvalue weighted by atomic mass is 32.2. The quantitative estimate of drug-likeness (QED) is 0.384. The largest absolute Gasteiger partial charge is 0.462 e. The Kier molecular flexibility index (Phi) is 5.89. The van der Waals surface area contributed by atoms with Gasteiger partial charge in [-0.05, 0) is 54.6 Å². The van der Waals surface area contributed by atoms with E-state index < -0.39 is 21.8 Å². The number of rotatable bonds is 7. The summed E-state index contributed by atoms with van der Waals surface area (Å²) in [4.78, 5) is 8.69. The molecule has 2 aromatic heterocycles. The second kappa shape index (κ2) is 8.52. The van der Waals surface area contributed by atoms with Crippen LogP contribution in [-0.4, -0.2) is 47.3 Å². The lowest BCUT2D eigenvalue weighted by atomic mass is 10.1. The van der Waals surface area contributed by atoms with Crippen molar-refractivity contribution in [3.05, 3.63) is 59.5 Å². The molecule has 0 bridgehead atoms. The molecule has 0 aliphatic rings. The van der Waals surface area contributed by atoms with Crippen LogP contribution in [0.2, 0.25) is 0 Å². The molecule has 0 saturated heterocycles. The zero-order valence-corrected chi connectivity index (χ0v) is 18.2. The maximum Gasteiger partial charge on any atom is 0.416 e. The number of anilines is 1. The normalized spacial score (nSPS) is 12.4. The number of nitrogens with zero attached hydrogens (tertiary/aromatic N) is 4. The Hall–Kier alpha value is -3.38. The molecule has 4 rings (SSSR count). The summed E-state index contributed by atoms with van der Waals surface area (Å²) in [6.45, 7) is 0.150. The fourth-order valence-corrected chi connectivity index (χ4v) is 3.95. The van der Waals surface area contributed by atoms with Crippen molar-refractivity contribution in [3.8, 4) is 11.3 Å². The maximum absolute atomic E-state index is 13.3. The molecule has 12 heteroatoms. The Labute approximate surface area is 187 Å². The van der Waals surface area contributed by atoms with Crippen LogP contribution < -0.4 is 4.72 Å². The van der Waals surface area contributed by atoms with Crippen molar-refractivity contribution in [1.82, 2.24) is 14.4 Å². The molecule has 0 amide bonds. The van der Waals surface area contributed by atoms with E-state index in [4.69, 9.17) is 5.11 Å². The third-order valence-corrected chi connectivity index (χ3v) is 5.40. The third-order valence-electron chi connectivity index (χ3n) is 4.79. The summed E-state index contributed by atoms with van der Waals surface area (Å²) < 4.78 is 66.7. The van der Waals surface area contributed by atoms with Crippen LogP contribution in [0.5, 0.6) is 0 Å². The highest BCUT2D eigenvalue weighted by Gasteiger charge is 2.30. The highest BCUT2D eigenvalue weighted by Crippen LogP contribution is 2.35. The van der Waals surface area contributed by atoms with Crippen molar-refractivity contribution < 1.29 is 26.7 Å². The molecule has 0 aliphatic carbocycles. The van der Waals surface area contributed by atoms with Gasteiger partial charge in [-0.2, -0.15) is 13.2 Å². The van der Waals surface area contributed by atoms with Gasteiger partial charge in [-0.1, -0.05) is 12.1 Å². The number of sulfonamides is 1. The van der Waals surface area contributed by atoms with Crippen molar-refractivity contribution in [2.24, 2.45) is 0 Å². The zero-order chi connectivity index (χ0) is 23.8. The number of aliphatic hydroxyl groups excluding tert-OH is 1. The van der Waals surface area contributed by atoms with E-state index in [2.05, 4.69) is 20.0 Å². The van der Waals surface area contributed by atoms with Crippen molar-refractivity contribution >= 4 is 38.2 Å². The van der Waals surface area contributed by atoms with Gasteiger partial charge in [0, 0.05) is 17.9 Å². The Balaban J connectivity index is 1.88. The summed E-state index contributed by atoms with van der Waals surface area (Å²) in [6, 6.07) is 9.78. The van der Waals surface area contributed by atoms with E-state index in [0.717, 1.165) is 18.4 Å². The Morgan fingerprint density at radius 3 is 2.52 bits per heavy atom. The van der Waals surface area contributed by atoms with E-state index in [1.54, 1.807) is 34.9 Å². The van der Waals surface area contributed by atoms with Gasteiger partial charge in [-0.25, -0.2) is 13.4 Å². The molecular formula is C21H19F3N5O3S-. The fourth-order valence-electron chi connectivity index (χ4n) is 3.38. The molecule has 8 nitrogen and oxygen atoms in total. The molecule has 0 saturated carbocycles. The number of halogens is 3. The van der Waals surface area contributed by atoms with Gasteiger partial charge >= 0.3 is 6.18 Å². The molecule has 0 aliphatic heterocycles. The van der Waals surface area contributed by atoms with Gasteiger partial charge in [0.15, 0.2) is 0 Å². The summed E-state index contributed by atoms with van der Waals surface area (Å²) >= 11 is 0. The lowest BCUT2D eigenvalue weighted by Crippen LogP contribution is -2.09. The molecule has 4 aromatic rings. The van der Waals surface area contributed by atoms with E-state index in [1.807, 2.05) is 0 Å². The minimum absolute atomic E-state index is 0.0842. The van der Waals surface area contributed by atoms with Crippen LogP contribution in [0.25, 0.3) is 33.3 Å². The second-order valence-corrected chi connectivity index (χ2v) is 9.10. The van der Waals surface area contributed by atoms with Crippen LogP contribution in [0.15, 0.2) is 48.7 Å². The molecule has 2 N–H and O–H groups in total. The monoisotopic (exact) mass is 478 g/mol. The fraction of sp³-hybridized carbons (Fsp3) is 0.238. The number of hydrogen-bond donors (Lipinski definition) is 2. The van der Waals surface area contributed by atoms with Gasteiger partial charge in [-0.3, -0.25) is 9.12 Å². The molecule has 0 fully saturated rings. The number of imidazole rings is 1. The summed E-state index contributed by atoms with van der Waals surface area (Å²) in [5, 5.41) is 13.3. The van der Waals surface area contributed by atoms with E-state index in [-0.39, 0.29) is 24.5 Å².